The van der Waals surface area contributed by atoms with Gasteiger partial charge in [-0.25, -0.2) is 9.97 Å². The number of anilines is 2. The minimum absolute atomic E-state index is 0.0182. The highest BCUT2D eigenvalue weighted by Gasteiger charge is 2.12. The molecule has 2 amide bonds. The Morgan fingerprint density at radius 1 is 0.765 bits per heavy atom. The van der Waals surface area contributed by atoms with Crippen LogP contribution in [0.2, 0.25) is 0 Å². The minimum Gasteiger partial charge on any atom is -0.368 e. The van der Waals surface area contributed by atoms with Crippen molar-refractivity contribution in [1.82, 2.24) is 20.6 Å². The molecule has 0 aliphatic rings. The average molecular weight is 461 g/mol. The minimum atomic E-state index is -0.0713. The van der Waals surface area contributed by atoms with E-state index in [2.05, 4.69) is 26.3 Å². The smallest absolute Gasteiger partial charge is 0.224 e. The van der Waals surface area contributed by atoms with E-state index >= 15 is 0 Å². The van der Waals surface area contributed by atoms with Crippen molar-refractivity contribution in [3.05, 3.63) is 71.3 Å². The van der Waals surface area contributed by atoms with Gasteiger partial charge >= 0.3 is 0 Å². The summed E-state index contributed by atoms with van der Waals surface area (Å²) in [5.41, 5.74) is 3.94. The first-order valence-corrected chi connectivity index (χ1v) is 11.4. The Labute approximate surface area is 200 Å². The molecule has 0 bridgehead atoms. The number of hydrogen-bond acceptors (Lipinski definition) is 6. The molecule has 0 radical (unpaired) electrons. The molecule has 3 rings (SSSR count). The van der Waals surface area contributed by atoms with Gasteiger partial charge in [0.25, 0.3) is 0 Å². The van der Waals surface area contributed by atoms with Gasteiger partial charge < -0.3 is 21.3 Å². The van der Waals surface area contributed by atoms with Gasteiger partial charge in [-0.3, -0.25) is 9.59 Å². The summed E-state index contributed by atoms with van der Waals surface area (Å²) in [7, 11) is 0. The number of carbonyl (C=O) groups excluding carboxylic acids is 2. The molecular formula is C26H32N6O2. The lowest BCUT2D eigenvalue weighted by molar-refractivity contribution is -0.120. The standard InChI is InChI=1S/C26H32N6O2/c1-18-9-11-21(12-10-18)17-23(34)28-14-16-30-25-19(2)24(29-15-13-27-20(3)33)31-26(32-25)22-7-5-4-6-8-22/h4-12H,13-17H2,1-3H3,(H,27,33)(H,28,34)(H2,29,30,31,32). The predicted octanol–water partition coefficient (Wildman–Crippen LogP) is 3.08. The van der Waals surface area contributed by atoms with Gasteiger partial charge in [-0.05, 0) is 19.4 Å². The van der Waals surface area contributed by atoms with Crippen LogP contribution in [0.3, 0.4) is 0 Å². The van der Waals surface area contributed by atoms with Crippen molar-refractivity contribution >= 4 is 23.5 Å². The van der Waals surface area contributed by atoms with E-state index in [1.54, 1.807) is 0 Å². The lowest BCUT2D eigenvalue weighted by atomic mass is 10.1. The van der Waals surface area contributed by atoms with Gasteiger partial charge in [0.05, 0.1) is 6.42 Å². The summed E-state index contributed by atoms with van der Waals surface area (Å²) in [6, 6.07) is 17.7. The third kappa shape index (κ3) is 7.58. The van der Waals surface area contributed by atoms with Crippen LogP contribution in [-0.4, -0.2) is 48.0 Å². The number of benzene rings is 2. The van der Waals surface area contributed by atoms with Crippen LogP contribution in [0.15, 0.2) is 54.6 Å². The van der Waals surface area contributed by atoms with Crippen LogP contribution < -0.4 is 21.3 Å². The fourth-order valence-electron chi connectivity index (χ4n) is 3.33. The number of amides is 2. The third-order valence-corrected chi connectivity index (χ3v) is 5.19. The Balaban J connectivity index is 1.62. The molecule has 0 aliphatic heterocycles. The first-order chi connectivity index (χ1) is 16.4. The Bertz CT molecular complexity index is 1100. The van der Waals surface area contributed by atoms with Crippen LogP contribution in [0.1, 0.15) is 23.6 Å². The summed E-state index contributed by atoms with van der Waals surface area (Å²) in [5.74, 6) is 1.90. The molecule has 2 aromatic carbocycles. The molecular weight excluding hydrogens is 428 g/mol. The molecule has 8 heteroatoms. The first-order valence-electron chi connectivity index (χ1n) is 11.4. The van der Waals surface area contributed by atoms with Crippen LogP contribution >= 0.6 is 0 Å². The van der Waals surface area contributed by atoms with Gasteiger partial charge in [-0.1, -0.05) is 60.2 Å². The molecule has 0 saturated heterocycles. The largest absolute Gasteiger partial charge is 0.368 e. The summed E-state index contributed by atoms with van der Waals surface area (Å²) in [6.07, 6.45) is 0.355. The van der Waals surface area contributed by atoms with Crippen molar-refractivity contribution in [2.24, 2.45) is 0 Å². The lowest BCUT2D eigenvalue weighted by Gasteiger charge is -2.16. The van der Waals surface area contributed by atoms with Gasteiger partial charge in [0.1, 0.15) is 11.6 Å². The molecule has 0 spiro atoms. The van der Waals surface area contributed by atoms with Gasteiger partial charge in [0, 0.05) is 44.2 Å². The number of carbonyl (C=O) groups is 2. The van der Waals surface area contributed by atoms with E-state index in [1.165, 1.54) is 12.5 Å². The van der Waals surface area contributed by atoms with Gasteiger partial charge in [0.15, 0.2) is 5.82 Å². The Kier molecular flexibility index (Phi) is 8.96. The molecule has 0 fully saturated rings. The van der Waals surface area contributed by atoms with E-state index in [4.69, 9.17) is 4.98 Å². The van der Waals surface area contributed by atoms with Crippen LogP contribution in [0.4, 0.5) is 11.6 Å². The van der Waals surface area contributed by atoms with Crippen molar-refractivity contribution in [2.45, 2.75) is 27.2 Å². The van der Waals surface area contributed by atoms with Crippen LogP contribution in [0.25, 0.3) is 11.4 Å². The number of rotatable bonds is 11. The second-order valence-corrected chi connectivity index (χ2v) is 8.08. The maximum atomic E-state index is 12.3. The fraction of sp³-hybridized carbons (Fsp3) is 0.308. The summed E-state index contributed by atoms with van der Waals surface area (Å²) in [4.78, 5) is 32.8. The highest BCUT2D eigenvalue weighted by molar-refractivity contribution is 5.78. The second kappa shape index (κ2) is 12.3. The molecule has 34 heavy (non-hydrogen) atoms. The normalized spacial score (nSPS) is 10.4. The summed E-state index contributed by atoms with van der Waals surface area (Å²) < 4.78 is 0. The van der Waals surface area contributed by atoms with Gasteiger partial charge in [0.2, 0.25) is 11.8 Å². The maximum Gasteiger partial charge on any atom is 0.224 e. The number of aryl methyl sites for hydroxylation is 1. The van der Waals surface area contributed by atoms with E-state index < -0.39 is 0 Å². The van der Waals surface area contributed by atoms with Gasteiger partial charge in [-0.15, -0.1) is 0 Å². The molecule has 4 N–H and O–H groups in total. The Hall–Kier alpha value is -3.94. The second-order valence-electron chi connectivity index (χ2n) is 8.08. The average Bonchev–Trinajstić information content (AvgIpc) is 2.83. The van der Waals surface area contributed by atoms with E-state index in [9.17, 15) is 9.59 Å². The summed E-state index contributed by atoms with van der Waals surface area (Å²) in [6.45, 7) is 7.49. The highest BCUT2D eigenvalue weighted by Crippen LogP contribution is 2.24. The lowest BCUT2D eigenvalue weighted by Crippen LogP contribution is -2.30. The van der Waals surface area contributed by atoms with Crippen LogP contribution in [0.5, 0.6) is 0 Å². The molecule has 8 nitrogen and oxygen atoms in total. The SMILES string of the molecule is CC(=O)NCCNc1nc(-c2ccccc2)nc(NCCNC(=O)Cc2ccc(C)cc2)c1C. The molecule has 0 saturated carbocycles. The molecule has 178 valence electrons. The fourth-order valence-corrected chi connectivity index (χ4v) is 3.33. The molecule has 0 aliphatic carbocycles. The zero-order chi connectivity index (χ0) is 24.3. The van der Waals surface area contributed by atoms with Crippen molar-refractivity contribution in [2.75, 3.05) is 36.8 Å². The Morgan fingerprint density at radius 3 is 1.94 bits per heavy atom. The van der Waals surface area contributed by atoms with Crippen molar-refractivity contribution in [3.63, 3.8) is 0 Å². The summed E-state index contributed by atoms with van der Waals surface area (Å²) in [5, 5.41) is 12.3. The third-order valence-electron chi connectivity index (χ3n) is 5.19. The molecule has 0 unspecified atom stereocenters. The van der Waals surface area contributed by atoms with Gasteiger partial charge in [-0.2, -0.15) is 0 Å². The first kappa shape index (κ1) is 24.7. The maximum absolute atomic E-state index is 12.3. The zero-order valence-corrected chi connectivity index (χ0v) is 19.9. The molecule has 0 atom stereocenters. The number of aromatic nitrogens is 2. The monoisotopic (exact) mass is 460 g/mol. The summed E-state index contributed by atoms with van der Waals surface area (Å²) >= 11 is 0. The highest BCUT2D eigenvalue weighted by atomic mass is 16.2. The van der Waals surface area contributed by atoms with E-state index in [-0.39, 0.29) is 11.8 Å². The van der Waals surface area contributed by atoms with Crippen LogP contribution in [0, 0.1) is 13.8 Å². The van der Waals surface area contributed by atoms with Crippen molar-refractivity contribution < 1.29 is 9.59 Å². The van der Waals surface area contributed by atoms with Crippen molar-refractivity contribution in [1.29, 1.82) is 0 Å². The molecule has 3 aromatic rings. The van der Waals surface area contributed by atoms with E-state index in [1.807, 2.05) is 68.4 Å². The Morgan fingerprint density at radius 2 is 1.35 bits per heavy atom. The van der Waals surface area contributed by atoms with Crippen LogP contribution in [-0.2, 0) is 16.0 Å². The molecule has 1 aromatic heterocycles. The molecule has 1 heterocycles. The number of hydrogen-bond donors (Lipinski definition) is 4. The quantitative estimate of drug-likeness (QED) is 0.328. The van der Waals surface area contributed by atoms with E-state index in [0.29, 0.717) is 50.1 Å². The predicted molar refractivity (Wildman–Crippen MR) is 136 cm³/mol. The van der Waals surface area contributed by atoms with Crippen molar-refractivity contribution in [3.8, 4) is 11.4 Å². The topological polar surface area (TPSA) is 108 Å². The number of nitrogens with one attached hydrogen (secondary N) is 4. The zero-order valence-electron chi connectivity index (χ0n) is 19.9. The van der Waals surface area contributed by atoms with E-state index in [0.717, 1.165) is 16.7 Å². The number of nitrogens with zero attached hydrogens (tertiary/aromatic N) is 2.